The molecule has 3 rings (SSSR count). The number of carbonyl (C=O) groups excluding carboxylic acids is 1. The lowest BCUT2D eigenvalue weighted by Gasteiger charge is -2.09. The summed E-state index contributed by atoms with van der Waals surface area (Å²) in [6.07, 6.45) is 0. The largest absolute Gasteiger partial charge is 0.494 e. The molecule has 3 aromatic rings. The van der Waals surface area contributed by atoms with Crippen LogP contribution in [0.5, 0.6) is 5.75 Å². The molecule has 0 aliphatic carbocycles. The van der Waals surface area contributed by atoms with Gasteiger partial charge in [-0.1, -0.05) is 0 Å². The SMILES string of the molecule is CCOc1ccc(NC(=O)c2cc(C)nc3c2c(C)nn3C)cc1. The monoisotopic (exact) mass is 324 g/mol. The summed E-state index contributed by atoms with van der Waals surface area (Å²) >= 11 is 0. The topological polar surface area (TPSA) is 69.0 Å². The third kappa shape index (κ3) is 2.95. The molecule has 1 aromatic carbocycles. The van der Waals surface area contributed by atoms with Crippen LogP contribution in [0.4, 0.5) is 5.69 Å². The quantitative estimate of drug-likeness (QED) is 0.800. The van der Waals surface area contributed by atoms with Crippen LogP contribution in [0, 0.1) is 13.8 Å². The van der Waals surface area contributed by atoms with Gasteiger partial charge in [-0.05, 0) is 51.1 Å². The second kappa shape index (κ2) is 6.31. The summed E-state index contributed by atoms with van der Waals surface area (Å²) in [5, 5.41) is 8.08. The van der Waals surface area contributed by atoms with Crippen molar-refractivity contribution >= 4 is 22.6 Å². The second-order valence-corrected chi connectivity index (χ2v) is 5.63. The molecule has 1 amide bonds. The van der Waals surface area contributed by atoms with Gasteiger partial charge in [0.15, 0.2) is 5.65 Å². The molecular weight excluding hydrogens is 304 g/mol. The zero-order valence-electron chi connectivity index (χ0n) is 14.3. The standard InChI is InChI=1S/C18H20N4O2/c1-5-24-14-8-6-13(7-9-14)20-18(23)15-10-11(2)19-17-16(15)12(3)21-22(17)4/h6-10H,5H2,1-4H3,(H,20,23). The van der Waals surface area contributed by atoms with Crippen LogP contribution >= 0.6 is 0 Å². The lowest BCUT2D eigenvalue weighted by atomic mass is 10.1. The zero-order chi connectivity index (χ0) is 17.3. The molecule has 2 aromatic heterocycles. The number of aryl methyl sites for hydroxylation is 3. The highest BCUT2D eigenvalue weighted by atomic mass is 16.5. The lowest BCUT2D eigenvalue weighted by molar-refractivity contribution is 0.102. The van der Waals surface area contributed by atoms with Crippen LogP contribution in [0.3, 0.4) is 0 Å². The van der Waals surface area contributed by atoms with Gasteiger partial charge in [-0.25, -0.2) is 4.98 Å². The molecule has 24 heavy (non-hydrogen) atoms. The molecule has 0 saturated heterocycles. The number of anilines is 1. The zero-order valence-corrected chi connectivity index (χ0v) is 14.3. The highest BCUT2D eigenvalue weighted by molar-refractivity contribution is 6.12. The van der Waals surface area contributed by atoms with Crippen LogP contribution in [-0.2, 0) is 7.05 Å². The van der Waals surface area contributed by atoms with Crippen molar-refractivity contribution in [3.63, 3.8) is 0 Å². The number of benzene rings is 1. The van der Waals surface area contributed by atoms with Crippen molar-refractivity contribution < 1.29 is 9.53 Å². The highest BCUT2D eigenvalue weighted by Gasteiger charge is 2.17. The molecule has 0 aliphatic heterocycles. The summed E-state index contributed by atoms with van der Waals surface area (Å²) < 4.78 is 7.11. The molecule has 0 saturated carbocycles. The van der Waals surface area contributed by atoms with Crippen molar-refractivity contribution in [3.8, 4) is 5.75 Å². The Morgan fingerprint density at radius 2 is 1.96 bits per heavy atom. The smallest absolute Gasteiger partial charge is 0.256 e. The molecule has 2 heterocycles. The Bertz CT molecular complexity index is 898. The average molecular weight is 324 g/mol. The Morgan fingerprint density at radius 3 is 2.62 bits per heavy atom. The second-order valence-electron chi connectivity index (χ2n) is 5.63. The normalized spacial score (nSPS) is 10.8. The highest BCUT2D eigenvalue weighted by Crippen LogP contribution is 2.23. The minimum Gasteiger partial charge on any atom is -0.494 e. The van der Waals surface area contributed by atoms with Gasteiger partial charge in [-0.3, -0.25) is 9.48 Å². The number of hydrogen-bond donors (Lipinski definition) is 1. The van der Waals surface area contributed by atoms with E-state index in [1.54, 1.807) is 10.7 Å². The fourth-order valence-corrected chi connectivity index (χ4v) is 2.75. The number of pyridine rings is 1. The van der Waals surface area contributed by atoms with Crippen molar-refractivity contribution in [1.82, 2.24) is 14.8 Å². The Morgan fingerprint density at radius 1 is 1.25 bits per heavy atom. The van der Waals surface area contributed by atoms with Crippen molar-refractivity contribution in [2.24, 2.45) is 7.05 Å². The van der Waals surface area contributed by atoms with Crippen molar-refractivity contribution in [1.29, 1.82) is 0 Å². The maximum absolute atomic E-state index is 12.7. The van der Waals surface area contributed by atoms with E-state index in [2.05, 4.69) is 15.4 Å². The van der Waals surface area contributed by atoms with E-state index in [0.717, 1.165) is 22.5 Å². The number of nitrogens with zero attached hydrogens (tertiary/aromatic N) is 3. The molecular formula is C18H20N4O2. The van der Waals surface area contributed by atoms with Crippen LogP contribution < -0.4 is 10.1 Å². The predicted molar refractivity (Wildman–Crippen MR) is 93.5 cm³/mol. The Labute approximate surface area is 140 Å². The number of amides is 1. The molecule has 124 valence electrons. The Hall–Kier alpha value is -2.89. The number of aromatic nitrogens is 3. The maximum atomic E-state index is 12.7. The molecule has 6 heteroatoms. The van der Waals surface area contributed by atoms with Crippen molar-refractivity contribution in [3.05, 3.63) is 47.3 Å². The first-order valence-electron chi connectivity index (χ1n) is 7.84. The van der Waals surface area contributed by atoms with Gasteiger partial charge in [0.05, 0.1) is 23.3 Å². The number of hydrogen-bond acceptors (Lipinski definition) is 4. The van der Waals surface area contributed by atoms with E-state index < -0.39 is 0 Å². The molecule has 0 fully saturated rings. The van der Waals surface area contributed by atoms with Gasteiger partial charge in [0, 0.05) is 18.4 Å². The van der Waals surface area contributed by atoms with Gasteiger partial charge in [0.25, 0.3) is 5.91 Å². The number of carbonyl (C=O) groups is 1. The number of ether oxygens (including phenoxy) is 1. The fraction of sp³-hybridized carbons (Fsp3) is 0.278. The fourth-order valence-electron chi connectivity index (χ4n) is 2.75. The molecule has 0 spiro atoms. The van der Waals surface area contributed by atoms with E-state index in [-0.39, 0.29) is 5.91 Å². The first-order chi connectivity index (χ1) is 11.5. The van der Waals surface area contributed by atoms with Gasteiger partial charge in [-0.2, -0.15) is 5.10 Å². The van der Waals surface area contributed by atoms with Gasteiger partial charge in [0.1, 0.15) is 5.75 Å². The molecule has 1 N–H and O–H groups in total. The van der Waals surface area contributed by atoms with Crippen molar-refractivity contribution in [2.75, 3.05) is 11.9 Å². The van der Waals surface area contributed by atoms with E-state index in [9.17, 15) is 4.79 Å². The van der Waals surface area contributed by atoms with Crippen LogP contribution in [0.2, 0.25) is 0 Å². The van der Waals surface area contributed by atoms with Crippen LogP contribution in [0.15, 0.2) is 30.3 Å². The van der Waals surface area contributed by atoms with Gasteiger partial charge in [-0.15, -0.1) is 0 Å². The number of nitrogens with one attached hydrogen (secondary N) is 1. The summed E-state index contributed by atoms with van der Waals surface area (Å²) in [4.78, 5) is 17.2. The van der Waals surface area contributed by atoms with E-state index in [1.807, 2.05) is 52.1 Å². The Balaban J connectivity index is 1.94. The number of fused-ring (bicyclic) bond motifs is 1. The van der Waals surface area contributed by atoms with Gasteiger partial charge < -0.3 is 10.1 Å². The van der Waals surface area contributed by atoms with Gasteiger partial charge in [0.2, 0.25) is 0 Å². The van der Waals surface area contributed by atoms with Crippen LogP contribution in [-0.4, -0.2) is 27.3 Å². The molecule has 0 bridgehead atoms. The average Bonchev–Trinajstić information content (AvgIpc) is 2.83. The van der Waals surface area contributed by atoms with E-state index in [0.29, 0.717) is 23.5 Å². The summed E-state index contributed by atoms with van der Waals surface area (Å²) in [6, 6.07) is 9.11. The molecule has 0 radical (unpaired) electrons. The first kappa shape index (κ1) is 16.0. The lowest BCUT2D eigenvalue weighted by Crippen LogP contribution is -2.13. The molecule has 0 atom stereocenters. The molecule has 0 unspecified atom stereocenters. The summed E-state index contributed by atoms with van der Waals surface area (Å²) in [5.41, 5.74) is 3.58. The van der Waals surface area contributed by atoms with Crippen molar-refractivity contribution in [2.45, 2.75) is 20.8 Å². The molecule has 6 nitrogen and oxygen atoms in total. The summed E-state index contributed by atoms with van der Waals surface area (Å²) in [5.74, 6) is 0.603. The molecule has 0 aliphatic rings. The number of rotatable bonds is 4. The summed E-state index contributed by atoms with van der Waals surface area (Å²) in [6.45, 7) is 6.30. The van der Waals surface area contributed by atoms with E-state index >= 15 is 0 Å². The minimum atomic E-state index is -0.175. The predicted octanol–water partition coefficient (Wildman–Crippen LogP) is 3.24. The minimum absolute atomic E-state index is 0.175. The van der Waals surface area contributed by atoms with E-state index in [4.69, 9.17) is 4.74 Å². The van der Waals surface area contributed by atoms with Crippen LogP contribution in [0.1, 0.15) is 28.7 Å². The van der Waals surface area contributed by atoms with E-state index in [1.165, 1.54) is 0 Å². The third-order valence-electron chi connectivity index (χ3n) is 3.76. The third-order valence-corrected chi connectivity index (χ3v) is 3.76. The van der Waals surface area contributed by atoms with Crippen LogP contribution in [0.25, 0.3) is 11.0 Å². The Kier molecular flexibility index (Phi) is 4.20. The first-order valence-corrected chi connectivity index (χ1v) is 7.84. The maximum Gasteiger partial charge on any atom is 0.256 e. The summed E-state index contributed by atoms with van der Waals surface area (Å²) in [7, 11) is 1.83. The van der Waals surface area contributed by atoms with Gasteiger partial charge >= 0.3 is 0 Å².